The molecule has 21 nitrogen and oxygen atoms in total. The Labute approximate surface area is 417 Å². The molecule has 0 bridgehead atoms. The van der Waals surface area contributed by atoms with E-state index < -0.39 is 65.4 Å². The minimum atomic E-state index is -1.12. The van der Waals surface area contributed by atoms with Crippen LogP contribution in [0.25, 0.3) is 0 Å². The van der Waals surface area contributed by atoms with Gasteiger partial charge in [0.25, 0.3) is 17.7 Å². The lowest BCUT2D eigenvalue weighted by Crippen LogP contribution is -2.45. The van der Waals surface area contributed by atoms with E-state index in [9.17, 15) is 33.6 Å². The number of unbranched alkanes of at least 4 members (excludes halogenated alkanes) is 3. The molecule has 0 saturated carbocycles. The molecule has 7 amide bonds. The van der Waals surface area contributed by atoms with Gasteiger partial charge in [-0.2, -0.15) is 0 Å². The van der Waals surface area contributed by atoms with E-state index in [2.05, 4.69) is 36.9 Å². The van der Waals surface area contributed by atoms with E-state index in [1.54, 1.807) is 12.3 Å². The molecule has 0 saturated heterocycles. The molecule has 4 aromatic carbocycles. The summed E-state index contributed by atoms with van der Waals surface area (Å²) >= 11 is 0. The minimum absolute atomic E-state index is 0.00294. The second-order valence-electron chi connectivity index (χ2n) is 16.9. The molecule has 0 radical (unpaired) electrons. The maximum Gasteiger partial charge on any atom is 0.255 e. The van der Waals surface area contributed by atoms with Crippen LogP contribution in [0.1, 0.15) is 100 Å². The largest absolute Gasteiger partial charge is 0.496 e. The average Bonchev–Trinajstić information content (AvgIpc) is 3.82. The SMILES string of the molecule is COc1ccc(NC(=O)[C@H](CCCCN)NC(=O)c2cc(NC(=O)[C@H](CCCCN)NC(=O)c3cc(NC(=O)[C@H](CCCCN)NC(=O)C4C=Nc5ccccc54)ccc3OC)ccc2OC)cc1C(N)=O. The van der Waals surface area contributed by atoms with Crippen LogP contribution in [0.4, 0.5) is 22.7 Å². The molecule has 4 aromatic rings. The lowest BCUT2D eigenvalue weighted by molar-refractivity contribution is -0.126. The number of benzene rings is 4. The minimum Gasteiger partial charge on any atom is -0.496 e. The molecular formula is C51H65N11O10. The van der Waals surface area contributed by atoms with E-state index in [1.807, 2.05) is 24.3 Å². The van der Waals surface area contributed by atoms with E-state index >= 15 is 0 Å². The molecule has 0 fully saturated rings. The second kappa shape index (κ2) is 27.5. The fourth-order valence-corrected chi connectivity index (χ4v) is 7.92. The predicted molar refractivity (Wildman–Crippen MR) is 274 cm³/mol. The quantitative estimate of drug-likeness (QED) is 0.0364. The molecule has 14 N–H and O–H groups in total. The van der Waals surface area contributed by atoms with Gasteiger partial charge >= 0.3 is 0 Å². The Bertz CT molecular complexity index is 2610. The molecule has 384 valence electrons. The van der Waals surface area contributed by atoms with Crippen molar-refractivity contribution in [1.29, 1.82) is 0 Å². The topological polar surface area (TPSA) is 336 Å². The van der Waals surface area contributed by atoms with Crippen molar-refractivity contribution in [3.05, 3.63) is 101 Å². The highest BCUT2D eigenvalue weighted by Gasteiger charge is 2.31. The molecule has 1 heterocycles. The van der Waals surface area contributed by atoms with Crippen LogP contribution in [0.5, 0.6) is 17.2 Å². The number of aliphatic imine (C=N–C) groups is 1. The molecule has 72 heavy (non-hydrogen) atoms. The summed E-state index contributed by atoms with van der Waals surface area (Å²) in [6, 6.07) is 17.3. The molecule has 1 aliphatic rings. The standard InChI is InChI=1S/C51H65N11O10/c1-70-42-20-17-30(26-34(42)45(55)63)57-49(67)39(14-6-9-23-52)60-46(64)35-27-31(18-21-43(35)71-2)58-50(68)40(15-7-10-24-53)61-47(65)36-28-32(19-22-44(36)72-3)59-51(69)41(16-8-11-25-54)62-48(66)37-29-56-38-13-5-4-12-33(37)38/h4-5,12-13,17-22,26-29,37,39-41H,6-11,14-16,23-25,52-54H2,1-3H3,(H2,55,63)(H,57,67)(H,58,68)(H,59,69)(H,60,64)(H,61,65)(H,62,66)/t37?,39-,40-,41-/m0/s1. The molecule has 21 heteroatoms. The van der Waals surface area contributed by atoms with Crippen molar-refractivity contribution >= 4 is 70.3 Å². The van der Waals surface area contributed by atoms with Crippen LogP contribution >= 0.6 is 0 Å². The Kier molecular flexibility index (Phi) is 21.0. The number of carbonyl (C=O) groups is 7. The van der Waals surface area contributed by atoms with Crippen molar-refractivity contribution < 1.29 is 47.8 Å². The predicted octanol–water partition coefficient (Wildman–Crippen LogP) is 3.60. The van der Waals surface area contributed by atoms with Gasteiger partial charge in [0.05, 0.1) is 43.7 Å². The molecular weight excluding hydrogens is 927 g/mol. The number of fused-ring (bicyclic) bond motifs is 1. The monoisotopic (exact) mass is 991 g/mol. The van der Waals surface area contributed by atoms with Gasteiger partial charge in [0.2, 0.25) is 23.6 Å². The van der Waals surface area contributed by atoms with Gasteiger partial charge in [0.15, 0.2) is 0 Å². The van der Waals surface area contributed by atoms with Crippen molar-refractivity contribution in [2.75, 3.05) is 56.9 Å². The zero-order valence-corrected chi connectivity index (χ0v) is 40.7. The highest BCUT2D eigenvalue weighted by molar-refractivity contribution is 6.08. The first kappa shape index (κ1) is 55.1. The van der Waals surface area contributed by atoms with Crippen molar-refractivity contribution in [2.45, 2.75) is 81.8 Å². The number of hydrogen-bond acceptors (Lipinski definition) is 14. The number of nitrogens with two attached hydrogens (primary N) is 4. The van der Waals surface area contributed by atoms with Crippen molar-refractivity contribution in [1.82, 2.24) is 16.0 Å². The van der Waals surface area contributed by atoms with Crippen LogP contribution in [-0.2, 0) is 19.2 Å². The molecule has 0 aliphatic carbocycles. The Morgan fingerprint density at radius 1 is 0.528 bits per heavy atom. The number of nitrogens with one attached hydrogen (secondary N) is 6. The van der Waals surface area contributed by atoms with E-state index in [1.165, 1.54) is 69.9 Å². The molecule has 0 spiro atoms. The number of primary amides is 1. The van der Waals surface area contributed by atoms with Crippen molar-refractivity contribution in [3.8, 4) is 17.2 Å². The Morgan fingerprint density at radius 3 is 1.32 bits per heavy atom. The van der Waals surface area contributed by atoms with E-state index in [4.69, 9.17) is 37.1 Å². The summed E-state index contributed by atoms with van der Waals surface area (Å²) in [7, 11) is 4.11. The summed E-state index contributed by atoms with van der Waals surface area (Å²) in [6.45, 7) is 1.10. The van der Waals surface area contributed by atoms with Gasteiger partial charge in [-0.1, -0.05) is 18.2 Å². The molecule has 1 unspecified atom stereocenters. The number of para-hydroxylation sites is 1. The summed E-state index contributed by atoms with van der Waals surface area (Å²) in [5.41, 5.74) is 24.8. The third kappa shape index (κ3) is 15.1. The number of carbonyl (C=O) groups excluding carboxylic acids is 7. The van der Waals surface area contributed by atoms with Gasteiger partial charge in [-0.05, 0) is 144 Å². The van der Waals surface area contributed by atoms with Crippen LogP contribution in [0.2, 0.25) is 0 Å². The average molecular weight is 992 g/mol. The number of nitrogens with zero attached hydrogens (tertiary/aromatic N) is 1. The number of amides is 7. The smallest absolute Gasteiger partial charge is 0.255 e. The Morgan fingerprint density at radius 2 is 0.917 bits per heavy atom. The molecule has 0 aromatic heterocycles. The van der Waals surface area contributed by atoms with Crippen LogP contribution in [-0.4, -0.2) is 107 Å². The molecule has 4 atom stereocenters. The lowest BCUT2D eigenvalue weighted by Gasteiger charge is -2.22. The summed E-state index contributed by atoms with van der Waals surface area (Å²) < 4.78 is 16.2. The maximum absolute atomic E-state index is 14.1. The van der Waals surface area contributed by atoms with Crippen molar-refractivity contribution in [2.24, 2.45) is 27.9 Å². The first-order chi connectivity index (χ1) is 34.7. The fourth-order valence-electron chi connectivity index (χ4n) is 7.92. The van der Waals surface area contributed by atoms with Gasteiger partial charge in [0, 0.05) is 23.3 Å². The van der Waals surface area contributed by atoms with Gasteiger partial charge in [0.1, 0.15) is 41.3 Å². The summed E-state index contributed by atoms with van der Waals surface area (Å²) in [4.78, 5) is 99.5. The van der Waals surface area contributed by atoms with E-state index in [0.717, 1.165) is 5.56 Å². The number of methoxy groups -OCH3 is 3. The van der Waals surface area contributed by atoms with Gasteiger partial charge in [-0.25, -0.2) is 0 Å². The number of anilines is 3. The first-order valence-electron chi connectivity index (χ1n) is 23.7. The number of rotatable bonds is 28. The fraction of sp³-hybridized carbons (Fsp3) is 0.373. The third-order valence-electron chi connectivity index (χ3n) is 11.8. The Hall–Kier alpha value is -7.88. The zero-order valence-electron chi connectivity index (χ0n) is 40.7. The Balaban J connectivity index is 1.32. The highest BCUT2D eigenvalue weighted by Crippen LogP contribution is 2.32. The maximum atomic E-state index is 14.1. The van der Waals surface area contributed by atoms with Gasteiger partial charge in [-0.3, -0.25) is 38.6 Å². The number of ether oxygens (including phenoxy) is 3. The normalized spacial score (nSPS) is 13.6. The van der Waals surface area contributed by atoms with Gasteiger partial charge < -0.3 is 69.0 Å². The molecule has 1 aliphatic heterocycles. The van der Waals surface area contributed by atoms with Crippen LogP contribution in [0.3, 0.4) is 0 Å². The summed E-state index contributed by atoms with van der Waals surface area (Å²) in [5.74, 6) is -4.45. The second-order valence-corrected chi connectivity index (χ2v) is 16.9. The van der Waals surface area contributed by atoms with Gasteiger partial charge in [-0.15, -0.1) is 0 Å². The summed E-state index contributed by atoms with van der Waals surface area (Å²) in [6.07, 6.45) is 5.47. The molecule has 5 rings (SSSR count). The van der Waals surface area contributed by atoms with Crippen molar-refractivity contribution in [3.63, 3.8) is 0 Å². The summed E-state index contributed by atoms with van der Waals surface area (Å²) in [5, 5.41) is 16.8. The first-order valence-corrected chi connectivity index (χ1v) is 23.7. The lowest BCUT2D eigenvalue weighted by atomic mass is 9.99. The zero-order chi connectivity index (χ0) is 52.2. The van der Waals surface area contributed by atoms with E-state index in [0.29, 0.717) is 70.3 Å². The van der Waals surface area contributed by atoms with Crippen LogP contribution < -0.4 is 69.0 Å². The van der Waals surface area contributed by atoms with E-state index in [-0.39, 0.29) is 63.8 Å². The third-order valence-corrected chi connectivity index (χ3v) is 11.8. The highest BCUT2D eigenvalue weighted by atomic mass is 16.5. The number of hydrogen-bond donors (Lipinski definition) is 10. The van der Waals surface area contributed by atoms with Crippen LogP contribution in [0, 0.1) is 0 Å². The van der Waals surface area contributed by atoms with Crippen LogP contribution in [0.15, 0.2) is 83.9 Å².